The van der Waals surface area contributed by atoms with Crippen molar-refractivity contribution in [1.29, 1.82) is 0 Å². The highest BCUT2D eigenvalue weighted by Gasteiger charge is 2.22. The molecule has 20 heavy (non-hydrogen) atoms. The maximum Gasteiger partial charge on any atom is 0.134 e. The lowest BCUT2D eigenvalue weighted by molar-refractivity contribution is 0.477. The predicted molar refractivity (Wildman–Crippen MR) is 79.1 cm³/mol. The largest absolute Gasteiger partial charge is 0.459 e. The Hall–Kier alpha value is -1.69. The van der Waals surface area contributed by atoms with Crippen molar-refractivity contribution in [1.82, 2.24) is 5.43 Å². The first kappa shape index (κ1) is 13.3. The van der Waals surface area contributed by atoms with Crippen molar-refractivity contribution >= 4 is 22.3 Å². The molecule has 3 aromatic rings. The Balaban J connectivity index is 2.14. The van der Waals surface area contributed by atoms with Gasteiger partial charge in [-0.15, -0.1) is 11.3 Å². The van der Waals surface area contributed by atoms with Crippen LogP contribution in [0, 0.1) is 19.7 Å². The first-order valence-electron chi connectivity index (χ1n) is 6.31. The average molecular weight is 290 g/mol. The van der Waals surface area contributed by atoms with Crippen LogP contribution in [0.25, 0.3) is 11.0 Å². The van der Waals surface area contributed by atoms with Crippen molar-refractivity contribution in [3.8, 4) is 0 Å². The first-order valence-corrected chi connectivity index (χ1v) is 7.13. The molecule has 1 atom stereocenters. The highest BCUT2D eigenvalue weighted by molar-refractivity contribution is 7.12. The Kier molecular flexibility index (Phi) is 3.33. The number of furan rings is 1. The maximum atomic E-state index is 13.4. The van der Waals surface area contributed by atoms with Gasteiger partial charge in [-0.3, -0.25) is 5.84 Å². The number of thiophene rings is 1. The molecular formula is C15H15FN2OS. The summed E-state index contributed by atoms with van der Waals surface area (Å²) in [6.45, 7) is 3.97. The van der Waals surface area contributed by atoms with E-state index in [1.165, 1.54) is 17.0 Å². The molecule has 0 fully saturated rings. The first-order chi connectivity index (χ1) is 9.60. The number of nitrogens with two attached hydrogens (primary N) is 1. The number of hydrazine groups is 1. The summed E-state index contributed by atoms with van der Waals surface area (Å²) in [4.78, 5) is 2.28. The van der Waals surface area contributed by atoms with Crippen LogP contribution in [0.4, 0.5) is 4.39 Å². The predicted octanol–water partition coefficient (Wildman–Crippen LogP) is 3.80. The molecule has 0 aliphatic heterocycles. The van der Waals surface area contributed by atoms with Gasteiger partial charge < -0.3 is 4.42 Å². The summed E-state index contributed by atoms with van der Waals surface area (Å²) >= 11 is 1.66. The molecule has 0 aliphatic rings. The fourth-order valence-corrected chi connectivity index (χ4v) is 3.32. The fraction of sp³-hybridized carbons (Fsp3) is 0.200. The monoisotopic (exact) mass is 290 g/mol. The van der Waals surface area contributed by atoms with Gasteiger partial charge in [0.25, 0.3) is 0 Å². The summed E-state index contributed by atoms with van der Waals surface area (Å²) < 4.78 is 19.2. The SMILES string of the molecule is Cc1ccc(C(NN)c2oc3ccc(F)cc3c2C)s1. The second kappa shape index (κ2) is 5.01. The van der Waals surface area contributed by atoms with E-state index in [4.69, 9.17) is 10.3 Å². The lowest BCUT2D eigenvalue weighted by atomic mass is 10.1. The molecule has 0 radical (unpaired) electrons. The number of halogens is 1. The van der Waals surface area contributed by atoms with Gasteiger partial charge in [0, 0.05) is 20.7 Å². The van der Waals surface area contributed by atoms with E-state index in [1.54, 1.807) is 17.4 Å². The molecule has 3 N–H and O–H groups in total. The number of nitrogens with one attached hydrogen (secondary N) is 1. The maximum absolute atomic E-state index is 13.4. The molecule has 3 nitrogen and oxygen atoms in total. The summed E-state index contributed by atoms with van der Waals surface area (Å²) in [5, 5.41) is 0.786. The van der Waals surface area contributed by atoms with E-state index in [0.717, 1.165) is 21.6 Å². The second-order valence-corrected chi connectivity index (χ2v) is 6.10. The molecule has 0 saturated carbocycles. The summed E-state index contributed by atoms with van der Waals surface area (Å²) in [5.41, 5.74) is 4.37. The van der Waals surface area contributed by atoms with Gasteiger partial charge in [-0.05, 0) is 44.2 Å². The zero-order chi connectivity index (χ0) is 14.3. The lowest BCUT2D eigenvalue weighted by Gasteiger charge is -2.12. The van der Waals surface area contributed by atoms with Crippen molar-refractivity contribution in [2.45, 2.75) is 19.9 Å². The number of aryl methyl sites for hydroxylation is 2. The van der Waals surface area contributed by atoms with Crippen LogP contribution < -0.4 is 11.3 Å². The van der Waals surface area contributed by atoms with Gasteiger partial charge in [0.2, 0.25) is 0 Å². The van der Waals surface area contributed by atoms with Crippen molar-refractivity contribution < 1.29 is 8.81 Å². The molecule has 0 spiro atoms. The van der Waals surface area contributed by atoms with Gasteiger partial charge in [0.1, 0.15) is 23.2 Å². The Morgan fingerprint density at radius 2 is 2.05 bits per heavy atom. The van der Waals surface area contributed by atoms with Gasteiger partial charge >= 0.3 is 0 Å². The molecule has 1 aromatic carbocycles. The van der Waals surface area contributed by atoms with Gasteiger partial charge in [0.05, 0.1) is 0 Å². The van der Waals surface area contributed by atoms with Crippen LogP contribution in [0.15, 0.2) is 34.7 Å². The summed E-state index contributed by atoms with van der Waals surface area (Å²) in [6.07, 6.45) is 0. The Bertz CT molecular complexity index is 762. The van der Waals surface area contributed by atoms with Crippen molar-refractivity contribution in [3.63, 3.8) is 0 Å². The van der Waals surface area contributed by atoms with E-state index in [2.05, 4.69) is 5.43 Å². The van der Waals surface area contributed by atoms with Gasteiger partial charge in [0.15, 0.2) is 0 Å². The molecule has 0 saturated heterocycles. The van der Waals surface area contributed by atoms with E-state index in [0.29, 0.717) is 5.58 Å². The molecule has 0 bridgehead atoms. The van der Waals surface area contributed by atoms with E-state index in [-0.39, 0.29) is 11.9 Å². The molecule has 3 rings (SSSR count). The van der Waals surface area contributed by atoms with Crippen LogP contribution in [0.1, 0.15) is 27.1 Å². The Labute approximate surface area is 120 Å². The minimum absolute atomic E-state index is 0.218. The van der Waals surface area contributed by atoms with Crippen LogP contribution in [-0.2, 0) is 0 Å². The number of rotatable bonds is 3. The van der Waals surface area contributed by atoms with Gasteiger partial charge in [-0.2, -0.15) is 0 Å². The van der Waals surface area contributed by atoms with Gasteiger partial charge in [-0.1, -0.05) is 0 Å². The van der Waals surface area contributed by atoms with Crippen molar-refractivity contribution in [3.05, 3.63) is 57.2 Å². The third-order valence-corrected chi connectivity index (χ3v) is 4.48. The quantitative estimate of drug-likeness (QED) is 0.570. The Morgan fingerprint density at radius 1 is 1.25 bits per heavy atom. The molecule has 5 heteroatoms. The molecule has 1 unspecified atom stereocenters. The zero-order valence-electron chi connectivity index (χ0n) is 11.2. The molecule has 2 aromatic heterocycles. The number of fused-ring (bicyclic) bond motifs is 1. The zero-order valence-corrected chi connectivity index (χ0v) is 12.1. The third-order valence-electron chi connectivity index (χ3n) is 3.41. The minimum Gasteiger partial charge on any atom is -0.459 e. The number of benzene rings is 1. The van der Waals surface area contributed by atoms with Gasteiger partial charge in [-0.25, -0.2) is 9.82 Å². The van der Waals surface area contributed by atoms with Crippen LogP contribution in [-0.4, -0.2) is 0 Å². The van der Waals surface area contributed by atoms with E-state index in [1.807, 2.05) is 26.0 Å². The van der Waals surface area contributed by atoms with Crippen molar-refractivity contribution in [2.24, 2.45) is 5.84 Å². The summed E-state index contributed by atoms with van der Waals surface area (Å²) in [6, 6.07) is 8.39. The number of hydrogen-bond donors (Lipinski definition) is 2. The smallest absolute Gasteiger partial charge is 0.134 e. The molecule has 0 amide bonds. The fourth-order valence-electron chi connectivity index (χ4n) is 2.38. The van der Waals surface area contributed by atoms with Crippen LogP contribution in [0.2, 0.25) is 0 Å². The number of hydrogen-bond acceptors (Lipinski definition) is 4. The topological polar surface area (TPSA) is 51.2 Å². The summed E-state index contributed by atoms with van der Waals surface area (Å²) in [7, 11) is 0. The highest BCUT2D eigenvalue weighted by Crippen LogP contribution is 2.35. The molecule has 2 heterocycles. The van der Waals surface area contributed by atoms with Crippen LogP contribution in [0.3, 0.4) is 0 Å². The van der Waals surface area contributed by atoms with Crippen LogP contribution >= 0.6 is 11.3 Å². The van der Waals surface area contributed by atoms with E-state index >= 15 is 0 Å². The lowest BCUT2D eigenvalue weighted by Crippen LogP contribution is -2.28. The highest BCUT2D eigenvalue weighted by atomic mass is 32.1. The van der Waals surface area contributed by atoms with Crippen molar-refractivity contribution in [2.75, 3.05) is 0 Å². The van der Waals surface area contributed by atoms with E-state index < -0.39 is 0 Å². The van der Waals surface area contributed by atoms with Crippen LogP contribution in [0.5, 0.6) is 0 Å². The molecule has 0 aliphatic carbocycles. The summed E-state index contributed by atoms with van der Waals surface area (Å²) in [5.74, 6) is 6.15. The van der Waals surface area contributed by atoms with E-state index in [9.17, 15) is 4.39 Å². The molecule has 104 valence electrons. The minimum atomic E-state index is -0.267. The third kappa shape index (κ3) is 2.14. The average Bonchev–Trinajstić information content (AvgIpc) is 2.97. The second-order valence-electron chi connectivity index (χ2n) is 4.78. The normalized spacial score (nSPS) is 13.0. The Morgan fingerprint density at radius 3 is 2.70 bits per heavy atom. The standard InChI is InChI=1S/C15H15FN2OS/c1-8-3-6-13(20-8)14(18-17)15-9(2)11-7-10(16)4-5-12(11)19-15/h3-7,14,18H,17H2,1-2H3. The molecular weight excluding hydrogens is 275 g/mol.